The summed E-state index contributed by atoms with van der Waals surface area (Å²) in [6.07, 6.45) is 2.11. The van der Waals surface area contributed by atoms with Crippen LogP contribution in [0.15, 0.2) is 18.2 Å². The van der Waals surface area contributed by atoms with Crippen LogP contribution >= 0.6 is 0 Å². The van der Waals surface area contributed by atoms with E-state index in [0.29, 0.717) is 18.7 Å². The number of nitrogens with zero attached hydrogens (tertiary/aromatic N) is 2. The van der Waals surface area contributed by atoms with Crippen molar-refractivity contribution in [3.8, 4) is 6.07 Å². The highest BCUT2D eigenvalue weighted by Gasteiger charge is 2.27. The lowest BCUT2D eigenvalue weighted by Crippen LogP contribution is -2.48. The zero-order valence-corrected chi connectivity index (χ0v) is 11.7. The first-order valence-corrected chi connectivity index (χ1v) is 6.83. The van der Waals surface area contributed by atoms with Gasteiger partial charge < -0.3 is 10.5 Å². The Labute approximate surface area is 118 Å². The molecule has 20 heavy (non-hydrogen) atoms. The number of likely N-dealkylation sites (tertiary alicyclic amines) is 1. The number of nitrogens with two attached hydrogens (primary N) is 1. The van der Waals surface area contributed by atoms with Gasteiger partial charge in [0.15, 0.2) is 0 Å². The van der Waals surface area contributed by atoms with Crippen LogP contribution in [0, 0.1) is 17.1 Å². The molecule has 1 aliphatic heterocycles. The molecule has 1 aliphatic rings. The fourth-order valence-corrected chi connectivity index (χ4v) is 2.74. The first-order valence-electron chi connectivity index (χ1n) is 6.83. The van der Waals surface area contributed by atoms with E-state index in [0.717, 1.165) is 24.9 Å². The minimum Gasteiger partial charge on any atom is -0.381 e. The lowest BCUT2D eigenvalue weighted by Gasteiger charge is -2.38. The van der Waals surface area contributed by atoms with Crippen LogP contribution in [-0.4, -0.2) is 37.2 Å². The van der Waals surface area contributed by atoms with E-state index < -0.39 is 0 Å². The van der Waals surface area contributed by atoms with Crippen LogP contribution in [0.4, 0.5) is 4.39 Å². The first kappa shape index (κ1) is 14.9. The Kier molecular flexibility index (Phi) is 5.07. The van der Waals surface area contributed by atoms with Crippen molar-refractivity contribution in [2.75, 3.05) is 20.2 Å². The monoisotopic (exact) mass is 277 g/mol. The average Bonchev–Trinajstić information content (AvgIpc) is 2.49. The third kappa shape index (κ3) is 3.34. The number of methoxy groups -OCH3 is 1. The highest BCUT2D eigenvalue weighted by atomic mass is 19.1. The van der Waals surface area contributed by atoms with Gasteiger partial charge in [0.05, 0.1) is 17.7 Å². The van der Waals surface area contributed by atoms with Gasteiger partial charge in [0.2, 0.25) is 0 Å². The maximum absolute atomic E-state index is 13.2. The topological polar surface area (TPSA) is 62.3 Å². The Balaban J connectivity index is 2.11. The average molecular weight is 277 g/mol. The van der Waals surface area contributed by atoms with Crippen LogP contribution in [0.5, 0.6) is 0 Å². The third-order valence-electron chi connectivity index (χ3n) is 3.96. The molecule has 2 N–H and O–H groups in total. The molecule has 5 heteroatoms. The number of rotatable bonds is 4. The van der Waals surface area contributed by atoms with Crippen molar-refractivity contribution >= 4 is 0 Å². The number of benzene rings is 1. The molecule has 1 heterocycles. The first-order chi connectivity index (χ1) is 9.67. The highest BCUT2D eigenvalue weighted by molar-refractivity contribution is 5.37. The molecule has 2 rings (SSSR count). The molecule has 108 valence electrons. The molecule has 0 amide bonds. The van der Waals surface area contributed by atoms with Crippen LogP contribution in [0.1, 0.15) is 24.0 Å². The maximum Gasteiger partial charge on any atom is 0.124 e. The molecule has 0 spiro atoms. The van der Waals surface area contributed by atoms with Gasteiger partial charge in [-0.25, -0.2) is 4.39 Å². The Morgan fingerprint density at radius 3 is 3.00 bits per heavy atom. The summed E-state index contributed by atoms with van der Waals surface area (Å²) < 4.78 is 18.5. The van der Waals surface area contributed by atoms with Crippen molar-refractivity contribution in [2.45, 2.75) is 31.5 Å². The molecule has 4 nitrogen and oxygen atoms in total. The van der Waals surface area contributed by atoms with Gasteiger partial charge in [-0.15, -0.1) is 0 Å². The van der Waals surface area contributed by atoms with Gasteiger partial charge in [0.1, 0.15) is 5.82 Å². The molecule has 0 saturated carbocycles. The smallest absolute Gasteiger partial charge is 0.124 e. The second-order valence-corrected chi connectivity index (χ2v) is 5.16. The summed E-state index contributed by atoms with van der Waals surface area (Å²) in [5.41, 5.74) is 7.08. The number of nitriles is 1. The van der Waals surface area contributed by atoms with Gasteiger partial charge in [-0.1, -0.05) is 6.07 Å². The van der Waals surface area contributed by atoms with E-state index in [1.54, 1.807) is 13.2 Å². The number of piperidine rings is 1. The molecular weight excluding hydrogens is 257 g/mol. The van der Waals surface area contributed by atoms with Gasteiger partial charge in [-0.3, -0.25) is 4.90 Å². The van der Waals surface area contributed by atoms with Crippen molar-refractivity contribution in [1.82, 2.24) is 4.90 Å². The molecule has 1 fully saturated rings. The van der Waals surface area contributed by atoms with Crippen LogP contribution in [0.2, 0.25) is 0 Å². The number of hydrogen-bond donors (Lipinski definition) is 1. The Hall–Kier alpha value is -1.48. The minimum absolute atomic E-state index is 0.241. The van der Waals surface area contributed by atoms with Crippen molar-refractivity contribution < 1.29 is 9.13 Å². The highest BCUT2D eigenvalue weighted by Crippen LogP contribution is 2.22. The summed E-state index contributed by atoms with van der Waals surface area (Å²) in [4.78, 5) is 2.25. The Morgan fingerprint density at radius 2 is 2.35 bits per heavy atom. The van der Waals surface area contributed by atoms with E-state index in [1.807, 2.05) is 0 Å². The van der Waals surface area contributed by atoms with Crippen molar-refractivity contribution in [1.29, 1.82) is 5.26 Å². The lowest BCUT2D eigenvalue weighted by atomic mass is 9.97. The maximum atomic E-state index is 13.2. The molecule has 2 atom stereocenters. The standard InChI is InChI=1S/C15H20FN3O/c1-20-15-4-5-19(14(7-15)9-18)10-11-2-3-13(16)6-12(11)8-17/h2-3,6,14-15H,4-5,7,9-10,18H2,1H3. The summed E-state index contributed by atoms with van der Waals surface area (Å²) in [5.74, 6) is -0.376. The second kappa shape index (κ2) is 6.80. The molecule has 0 bridgehead atoms. The van der Waals surface area contributed by atoms with Crippen LogP contribution in [0.25, 0.3) is 0 Å². The second-order valence-electron chi connectivity index (χ2n) is 5.16. The van der Waals surface area contributed by atoms with Gasteiger partial charge in [0, 0.05) is 32.8 Å². The fraction of sp³-hybridized carbons (Fsp3) is 0.533. The molecule has 2 unspecified atom stereocenters. The van der Waals surface area contributed by atoms with Crippen molar-refractivity contribution in [3.05, 3.63) is 35.1 Å². The van der Waals surface area contributed by atoms with E-state index in [1.165, 1.54) is 12.1 Å². The van der Waals surface area contributed by atoms with Crippen molar-refractivity contribution in [3.63, 3.8) is 0 Å². The molecule has 1 saturated heterocycles. The van der Waals surface area contributed by atoms with Gasteiger partial charge in [-0.05, 0) is 30.5 Å². The largest absolute Gasteiger partial charge is 0.381 e. The van der Waals surface area contributed by atoms with Crippen LogP contribution in [-0.2, 0) is 11.3 Å². The normalized spacial score (nSPS) is 23.5. The zero-order chi connectivity index (χ0) is 14.5. The minimum atomic E-state index is -0.376. The molecular formula is C15H20FN3O. The summed E-state index contributed by atoms with van der Waals surface area (Å²) in [6.45, 7) is 2.06. The Morgan fingerprint density at radius 1 is 1.55 bits per heavy atom. The molecule has 0 aromatic heterocycles. The molecule has 1 aromatic carbocycles. The van der Waals surface area contributed by atoms with Crippen LogP contribution < -0.4 is 5.73 Å². The molecule has 1 aromatic rings. The van der Waals surface area contributed by atoms with E-state index in [-0.39, 0.29) is 18.0 Å². The third-order valence-corrected chi connectivity index (χ3v) is 3.96. The summed E-state index contributed by atoms with van der Waals surface area (Å²) >= 11 is 0. The van der Waals surface area contributed by atoms with E-state index in [2.05, 4.69) is 11.0 Å². The van der Waals surface area contributed by atoms with E-state index >= 15 is 0 Å². The quantitative estimate of drug-likeness (QED) is 0.908. The predicted molar refractivity (Wildman–Crippen MR) is 74.4 cm³/mol. The fourth-order valence-electron chi connectivity index (χ4n) is 2.74. The zero-order valence-electron chi connectivity index (χ0n) is 11.7. The van der Waals surface area contributed by atoms with Gasteiger partial charge >= 0.3 is 0 Å². The van der Waals surface area contributed by atoms with E-state index in [9.17, 15) is 4.39 Å². The van der Waals surface area contributed by atoms with Gasteiger partial charge in [-0.2, -0.15) is 5.26 Å². The Bertz CT molecular complexity index is 500. The predicted octanol–water partition coefficient (Wildman–Crippen LogP) is 1.64. The summed E-state index contributed by atoms with van der Waals surface area (Å²) in [5, 5.41) is 9.10. The summed E-state index contributed by atoms with van der Waals surface area (Å²) in [6, 6.07) is 6.67. The number of ether oxygens (including phenoxy) is 1. The van der Waals surface area contributed by atoms with E-state index in [4.69, 9.17) is 15.7 Å². The van der Waals surface area contributed by atoms with Gasteiger partial charge in [0.25, 0.3) is 0 Å². The van der Waals surface area contributed by atoms with Crippen molar-refractivity contribution in [2.24, 2.45) is 5.73 Å². The SMILES string of the molecule is COC1CCN(Cc2ccc(F)cc2C#N)C(CN)C1. The summed E-state index contributed by atoms with van der Waals surface area (Å²) in [7, 11) is 1.72. The van der Waals surface area contributed by atoms with Crippen LogP contribution in [0.3, 0.4) is 0 Å². The lowest BCUT2D eigenvalue weighted by molar-refractivity contribution is 0.0102. The molecule has 0 radical (unpaired) electrons. The number of hydrogen-bond acceptors (Lipinski definition) is 4. The number of halogens is 1. The molecule has 0 aliphatic carbocycles.